The number of carbonyl (C=O) groups is 1. The number of oxime groups is 1. The van der Waals surface area contributed by atoms with Crippen molar-refractivity contribution < 1.29 is 43.7 Å². The lowest BCUT2D eigenvalue weighted by molar-refractivity contribution is -0.384. The standard InChI is InChI=1S/C50H63N3O10/c1-6-9-28-59-49(56)52(24-7-2)46-32-44(51-61-33-36-17-19-38(20-18-36)53(57)58)42-30-37(14-10-12-25-54)41(15-11-13-26-55)47-43-31-40(62-39-21-16-34(4)35(5)29-39)22-23-45(43)63-50(46,48(42)47)60-27-8-3/h6,8,16-23,29-31,37,41,46-48,54-55H,1,3,7,9-15,24-28,32-33H2,2,4-5H3. The van der Waals surface area contributed by atoms with E-state index in [1.54, 1.807) is 29.2 Å². The van der Waals surface area contributed by atoms with E-state index in [9.17, 15) is 25.1 Å². The fraction of sp³-hybridized carbons (Fsp3) is 0.480. The van der Waals surface area contributed by atoms with Gasteiger partial charge in [0.25, 0.3) is 5.69 Å². The number of nitro benzene ring substituents is 1. The van der Waals surface area contributed by atoms with Gasteiger partial charge in [-0.25, -0.2) is 4.79 Å². The third-order valence-electron chi connectivity index (χ3n) is 12.5. The highest BCUT2D eigenvalue weighted by Gasteiger charge is 2.65. The average Bonchev–Trinajstić information content (AvgIpc) is 3.28. The number of hydrogen-bond donors (Lipinski definition) is 2. The number of aryl methyl sites for hydroxylation is 2. The normalized spacial score (nSPS) is 22.8. The molecule has 1 saturated carbocycles. The summed E-state index contributed by atoms with van der Waals surface area (Å²) in [7, 11) is 0. The smallest absolute Gasteiger partial charge is 0.410 e. The zero-order valence-corrected chi connectivity index (χ0v) is 36.9. The summed E-state index contributed by atoms with van der Waals surface area (Å²) in [6.07, 6.45) is 10.9. The number of nitrogens with zero attached hydrogens (tertiary/aromatic N) is 3. The van der Waals surface area contributed by atoms with Gasteiger partial charge in [0.15, 0.2) is 0 Å². The molecule has 6 atom stereocenters. The molecule has 0 spiro atoms. The number of carbonyl (C=O) groups excluding carboxylic acids is 1. The van der Waals surface area contributed by atoms with E-state index in [2.05, 4.69) is 39.1 Å². The molecule has 3 aromatic carbocycles. The largest absolute Gasteiger partial charge is 0.459 e. The summed E-state index contributed by atoms with van der Waals surface area (Å²) < 4.78 is 26.8. The quantitative estimate of drug-likeness (QED) is 0.0406. The maximum Gasteiger partial charge on any atom is 0.410 e. The molecule has 13 heteroatoms. The van der Waals surface area contributed by atoms with Crippen molar-refractivity contribution in [2.75, 3.05) is 33.0 Å². The number of benzene rings is 3. The Morgan fingerprint density at radius 3 is 2.40 bits per heavy atom. The molecule has 1 fully saturated rings. The van der Waals surface area contributed by atoms with E-state index in [0.717, 1.165) is 42.4 Å². The first-order valence-corrected chi connectivity index (χ1v) is 22.3. The minimum atomic E-state index is -1.44. The fourth-order valence-electron chi connectivity index (χ4n) is 9.45. The summed E-state index contributed by atoms with van der Waals surface area (Å²) in [6.45, 7) is 14.8. The summed E-state index contributed by atoms with van der Waals surface area (Å²) in [4.78, 5) is 33.1. The molecular formula is C50H63N3O10. The second kappa shape index (κ2) is 22.2. The third-order valence-corrected chi connectivity index (χ3v) is 12.5. The van der Waals surface area contributed by atoms with Crippen molar-refractivity contribution in [1.29, 1.82) is 0 Å². The first kappa shape index (κ1) is 47.0. The lowest BCUT2D eigenvalue weighted by Crippen LogP contribution is -2.70. The van der Waals surface area contributed by atoms with Gasteiger partial charge < -0.3 is 34.0 Å². The van der Waals surface area contributed by atoms with Crippen LogP contribution in [0.5, 0.6) is 17.2 Å². The number of allylic oxidation sites excluding steroid dienone is 1. The van der Waals surface area contributed by atoms with Gasteiger partial charge in [-0.3, -0.25) is 15.0 Å². The van der Waals surface area contributed by atoms with Crippen LogP contribution >= 0.6 is 0 Å². The van der Waals surface area contributed by atoms with Crippen molar-refractivity contribution >= 4 is 17.5 Å². The van der Waals surface area contributed by atoms with Crippen LogP contribution in [0.25, 0.3) is 0 Å². The molecule has 3 aliphatic rings. The number of nitro groups is 1. The van der Waals surface area contributed by atoms with Crippen molar-refractivity contribution in [3.63, 3.8) is 0 Å². The van der Waals surface area contributed by atoms with Crippen molar-refractivity contribution in [2.24, 2.45) is 22.9 Å². The van der Waals surface area contributed by atoms with Crippen LogP contribution in [-0.4, -0.2) is 76.6 Å². The maximum atomic E-state index is 14.3. The maximum absolute atomic E-state index is 14.3. The highest BCUT2D eigenvalue weighted by Crippen LogP contribution is 2.62. The lowest BCUT2D eigenvalue weighted by atomic mass is 9.55. The van der Waals surface area contributed by atoms with Crippen LogP contribution in [0, 0.1) is 41.7 Å². The molecule has 0 saturated heterocycles. The number of rotatable bonds is 23. The average molecular weight is 866 g/mol. The monoisotopic (exact) mass is 865 g/mol. The van der Waals surface area contributed by atoms with Gasteiger partial charge in [-0.05, 0) is 129 Å². The number of aliphatic hydroxyl groups is 2. The fourth-order valence-corrected chi connectivity index (χ4v) is 9.45. The Kier molecular flexibility index (Phi) is 16.6. The van der Waals surface area contributed by atoms with Crippen LogP contribution in [0.4, 0.5) is 10.5 Å². The second-order valence-corrected chi connectivity index (χ2v) is 16.7. The number of aliphatic hydroxyl groups excluding tert-OH is 2. The Labute approximate surface area is 371 Å². The first-order valence-electron chi connectivity index (χ1n) is 22.3. The molecule has 6 rings (SSSR count). The molecule has 2 N–H and O–H groups in total. The Hall–Kier alpha value is -5.50. The van der Waals surface area contributed by atoms with Crippen LogP contribution in [0.1, 0.15) is 92.9 Å². The number of amides is 1. The van der Waals surface area contributed by atoms with E-state index < -0.39 is 28.8 Å². The van der Waals surface area contributed by atoms with E-state index in [1.807, 2.05) is 37.3 Å². The number of fused-ring (bicyclic) bond motifs is 2. The minimum absolute atomic E-state index is 0.0219. The Bertz CT molecular complexity index is 2120. The summed E-state index contributed by atoms with van der Waals surface area (Å²) >= 11 is 0. The Morgan fingerprint density at radius 2 is 1.71 bits per heavy atom. The predicted molar refractivity (Wildman–Crippen MR) is 242 cm³/mol. The summed E-state index contributed by atoms with van der Waals surface area (Å²) in [5.74, 6) is -0.171. The molecule has 338 valence electrons. The number of ether oxygens (including phenoxy) is 4. The van der Waals surface area contributed by atoms with Gasteiger partial charge >= 0.3 is 6.09 Å². The van der Waals surface area contributed by atoms with E-state index in [0.29, 0.717) is 60.8 Å². The van der Waals surface area contributed by atoms with Crippen molar-refractivity contribution in [2.45, 2.75) is 103 Å². The first-order chi connectivity index (χ1) is 30.6. The van der Waals surface area contributed by atoms with E-state index in [-0.39, 0.29) is 62.9 Å². The molecule has 1 heterocycles. The Balaban J connectivity index is 1.56. The number of hydrogen-bond acceptors (Lipinski definition) is 11. The van der Waals surface area contributed by atoms with Gasteiger partial charge in [-0.2, -0.15) is 0 Å². The zero-order chi connectivity index (χ0) is 44.9. The van der Waals surface area contributed by atoms with Crippen molar-refractivity contribution in [1.82, 2.24) is 4.90 Å². The van der Waals surface area contributed by atoms with Gasteiger partial charge in [0, 0.05) is 49.8 Å². The van der Waals surface area contributed by atoms with E-state index >= 15 is 0 Å². The lowest BCUT2D eigenvalue weighted by Gasteiger charge is -2.59. The zero-order valence-electron chi connectivity index (χ0n) is 36.9. The molecule has 0 radical (unpaired) electrons. The Morgan fingerprint density at radius 1 is 0.984 bits per heavy atom. The van der Waals surface area contributed by atoms with E-state index in [1.165, 1.54) is 17.7 Å². The topological polar surface area (TPSA) is 162 Å². The third kappa shape index (κ3) is 10.8. The molecule has 6 unspecified atom stereocenters. The van der Waals surface area contributed by atoms with Crippen LogP contribution in [0.2, 0.25) is 0 Å². The SMILES string of the molecule is C=CCCOC(=O)N(CCC)C1CC(=NOCc2ccc([N+](=O)[O-])cc2)C2=CC(CCCCO)C(CCCCO)C3c4cc(Oc5ccc(C)c(C)c5)ccc4OC1(OCC=C)C23. The molecular weight excluding hydrogens is 803 g/mol. The molecule has 13 nitrogen and oxygen atoms in total. The highest BCUT2D eigenvalue weighted by atomic mass is 16.7. The number of unbranched alkanes of at least 4 members (excludes halogenated alkanes) is 2. The van der Waals surface area contributed by atoms with Gasteiger partial charge in [0.05, 0.1) is 29.8 Å². The van der Waals surface area contributed by atoms with Crippen molar-refractivity contribution in [3.8, 4) is 17.2 Å². The van der Waals surface area contributed by atoms with E-state index in [4.69, 9.17) is 28.9 Å². The molecule has 63 heavy (non-hydrogen) atoms. The molecule has 1 amide bonds. The molecule has 1 aliphatic heterocycles. The predicted octanol–water partition coefficient (Wildman–Crippen LogP) is 10.3. The van der Waals surface area contributed by atoms with Crippen LogP contribution in [0.3, 0.4) is 0 Å². The van der Waals surface area contributed by atoms with Gasteiger partial charge in [0.2, 0.25) is 5.79 Å². The molecule has 3 aromatic rings. The molecule has 0 bridgehead atoms. The van der Waals surface area contributed by atoms with Crippen LogP contribution in [0.15, 0.2) is 103 Å². The van der Waals surface area contributed by atoms with Gasteiger partial charge in [0.1, 0.15) is 29.9 Å². The highest BCUT2D eigenvalue weighted by molar-refractivity contribution is 6.03. The molecule has 0 aromatic heterocycles. The minimum Gasteiger partial charge on any atom is -0.459 e. The molecule has 2 aliphatic carbocycles. The van der Waals surface area contributed by atoms with Gasteiger partial charge in [-0.1, -0.05) is 49.2 Å². The van der Waals surface area contributed by atoms with Gasteiger partial charge in [-0.15, -0.1) is 13.2 Å². The van der Waals surface area contributed by atoms with Crippen LogP contribution < -0.4 is 9.47 Å². The summed E-state index contributed by atoms with van der Waals surface area (Å²) in [5, 5.41) is 36.1. The number of non-ortho nitro benzene ring substituents is 1. The summed E-state index contributed by atoms with van der Waals surface area (Å²) in [6, 6.07) is 17.3. The van der Waals surface area contributed by atoms with Crippen LogP contribution in [-0.2, 0) is 20.9 Å². The van der Waals surface area contributed by atoms with Crippen molar-refractivity contribution in [3.05, 3.63) is 130 Å². The summed E-state index contributed by atoms with van der Waals surface area (Å²) in [5.41, 5.74) is 5.42. The second-order valence-electron chi connectivity index (χ2n) is 16.7.